The predicted molar refractivity (Wildman–Crippen MR) is 111 cm³/mol. The van der Waals surface area contributed by atoms with Crippen molar-refractivity contribution in [2.45, 2.75) is 13.0 Å². The van der Waals surface area contributed by atoms with Crippen LogP contribution in [0.4, 0.5) is 5.69 Å². The molecule has 4 N–H and O–H groups in total. The number of nitro groups is 1. The highest BCUT2D eigenvalue weighted by Crippen LogP contribution is 2.29. The minimum absolute atomic E-state index is 0.0294. The maximum Gasteiger partial charge on any atom is 0.271 e. The maximum absolute atomic E-state index is 12.8. The number of carbonyl (C=O) groups excluding carboxylic acids is 1. The highest BCUT2D eigenvalue weighted by molar-refractivity contribution is 7.80. The van der Waals surface area contributed by atoms with E-state index < -0.39 is 16.9 Å². The number of nitrogens with zero attached hydrogens (tertiary/aromatic N) is 2. The number of phenolic OH excluding ortho intramolecular Hbond substituents is 1. The van der Waals surface area contributed by atoms with E-state index in [0.717, 1.165) is 0 Å². The van der Waals surface area contributed by atoms with E-state index in [4.69, 9.17) is 12.2 Å². The van der Waals surface area contributed by atoms with Crippen molar-refractivity contribution in [3.05, 3.63) is 81.0 Å². The molecule has 29 heavy (non-hydrogen) atoms. The van der Waals surface area contributed by atoms with Gasteiger partial charge in [0.05, 0.1) is 22.8 Å². The third kappa shape index (κ3) is 4.55. The third-order valence-corrected chi connectivity index (χ3v) is 4.45. The summed E-state index contributed by atoms with van der Waals surface area (Å²) in [6.07, 6.45) is 1.32. The number of amides is 1. The zero-order chi connectivity index (χ0) is 21.0. The first-order valence-electron chi connectivity index (χ1n) is 8.51. The first-order chi connectivity index (χ1) is 13.9. The Hall–Kier alpha value is -3.79. The highest BCUT2D eigenvalue weighted by atomic mass is 32.1. The van der Waals surface area contributed by atoms with Crippen molar-refractivity contribution in [1.82, 2.24) is 16.1 Å². The lowest BCUT2D eigenvalue weighted by Crippen LogP contribution is -2.46. The molecule has 3 rings (SSSR count). The van der Waals surface area contributed by atoms with Gasteiger partial charge in [0.25, 0.3) is 11.6 Å². The summed E-state index contributed by atoms with van der Waals surface area (Å²) >= 11 is 5.17. The van der Waals surface area contributed by atoms with E-state index in [-0.39, 0.29) is 17.0 Å². The van der Waals surface area contributed by atoms with Crippen molar-refractivity contribution >= 4 is 35.1 Å². The topological polar surface area (TPSA) is 129 Å². The van der Waals surface area contributed by atoms with E-state index in [2.05, 4.69) is 21.2 Å². The second-order valence-electron chi connectivity index (χ2n) is 6.18. The van der Waals surface area contributed by atoms with Crippen molar-refractivity contribution in [2.24, 2.45) is 5.10 Å². The number of benzene rings is 2. The molecule has 1 unspecified atom stereocenters. The zero-order valence-electron chi connectivity index (χ0n) is 15.2. The van der Waals surface area contributed by atoms with Gasteiger partial charge >= 0.3 is 0 Å². The fourth-order valence-electron chi connectivity index (χ4n) is 2.88. The van der Waals surface area contributed by atoms with Gasteiger partial charge in [0.1, 0.15) is 5.75 Å². The number of rotatable bonds is 5. The zero-order valence-corrected chi connectivity index (χ0v) is 16.1. The monoisotopic (exact) mass is 411 g/mol. The highest BCUT2D eigenvalue weighted by Gasteiger charge is 2.30. The lowest BCUT2D eigenvalue weighted by Gasteiger charge is -2.29. The predicted octanol–water partition coefficient (Wildman–Crippen LogP) is 2.24. The van der Waals surface area contributed by atoms with Crippen LogP contribution in [0.15, 0.2) is 64.9 Å². The molecule has 10 heteroatoms. The van der Waals surface area contributed by atoms with E-state index in [1.165, 1.54) is 24.4 Å². The molecule has 1 aliphatic heterocycles. The lowest BCUT2D eigenvalue weighted by molar-refractivity contribution is -0.384. The van der Waals surface area contributed by atoms with Gasteiger partial charge in [-0.2, -0.15) is 5.10 Å². The van der Waals surface area contributed by atoms with E-state index >= 15 is 0 Å². The summed E-state index contributed by atoms with van der Waals surface area (Å²) in [5, 5.41) is 30.9. The molecule has 0 bridgehead atoms. The summed E-state index contributed by atoms with van der Waals surface area (Å²) < 4.78 is 0. The number of carbonyl (C=O) groups is 1. The Morgan fingerprint density at radius 2 is 2.07 bits per heavy atom. The first-order valence-corrected chi connectivity index (χ1v) is 8.91. The van der Waals surface area contributed by atoms with Crippen LogP contribution in [0.5, 0.6) is 5.75 Å². The maximum atomic E-state index is 12.8. The smallest absolute Gasteiger partial charge is 0.271 e. The van der Waals surface area contributed by atoms with Gasteiger partial charge in [-0.1, -0.05) is 24.3 Å². The Bertz CT molecular complexity index is 1050. The molecule has 148 valence electrons. The summed E-state index contributed by atoms with van der Waals surface area (Å²) in [5.74, 6) is -0.491. The van der Waals surface area contributed by atoms with Gasteiger partial charge in [-0.25, -0.2) is 5.43 Å². The number of phenols is 1. The molecule has 9 nitrogen and oxygen atoms in total. The van der Waals surface area contributed by atoms with E-state index in [9.17, 15) is 20.0 Å². The third-order valence-electron chi connectivity index (χ3n) is 4.23. The van der Waals surface area contributed by atoms with Gasteiger partial charge < -0.3 is 15.7 Å². The molecular weight excluding hydrogens is 394 g/mol. The summed E-state index contributed by atoms with van der Waals surface area (Å²) in [5.41, 5.74) is 4.06. The van der Waals surface area contributed by atoms with Gasteiger partial charge in [0, 0.05) is 23.4 Å². The average Bonchev–Trinajstić information content (AvgIpc) is 2.68. The molecule has 0 fully saturated rings. The molecule has 0 aliphatic carbocycles. The number of hydrogen-bond acceptors (Lipinski definition) is 6. The van der Waals surface area contributed by atoms with Crippen LogP contribution in [-0.2, 0) is 4.79 Å². The number of aromatic hydroxyl groups is 1. The fourth-order valence-corrected chi connectivity index (χ4v) is 3.15. The Labute approximate surface area is 171 Å². The molecular formula is C19H17N5O4S. The van der Waals surface area contributed by atoms with Gasteiger partial charge in [0.15, 0.2) is 5.11 Å². The minimum atomic E-state index is -0.691. The molecule has 2 aromatic carbocycles. The quantitative estimate of drug-likeness (QED) is 0.257. The van der Waals surface area contributed by atoms with Crippen LogP contribution < -0.4 is 16.1 Å². The first kappa shape index (κ1) is 20.0. The van der Waals surface area contributed by atoms with Gasteiger partial charge in [-0.05, 0) is 36.8 Å². The van der Waals surface area contributed by atoms with Crippen LogP contribution in [-0.4, -0.2) is 27.3 Å². The van der Waals surface area contributed by atoms with Crippen LogP contribution in [0.2, 0.25) is 0 Å². The summed E-state index contributed by atoms with van der Waals surface area (Å²) in [4.78, 5) is 23.4. The van der Waals surface area contributed by atoms with Crippen LogP contribution in [0.3, 0.4) is 0 Å². The Morgan fingerprint density at radius 1 is 1.31 bits per heavy atom. The second kappa shape index (κ2) is 8.48. The molecule has 0 spiro atoms. The van der Waals surface area contributed by atoms with Gasteiger partial charge in [-0.3, -0.25) is 14.9 Å². The molecule has 1 aliphatic rings. The average molecular weight is 411 g/mol. The van der Waals surface area contributed by atoms with Gasteiger partial charge in [-0.15, -0.1) is 0 Å². The van der Waals surface area contributed by atoms with E-state index in [1.807, 2.05) is 0 Å². The number of hydrazone groups is 1. The Kier molecular flexibility index (Phi) is 5.84. The summed E-state index contributed by atoms with van der Waals surface area (Å²) in [6, 6.07) is 11.8. The SMILES string of the molecule is CC1=C(C(=O)N/N=C/c2ccccc2O)C(c2cccc([N+](=O)[O-])c2)NC(=S)N1. The molecule has 0 aromatic heterocycles. The van der Waals surface area contributed by atoms with Gasteiger partial charge in [0.2, 0.25) is 0 Å². The van der Waals surface area contributed by atoms with Crippen molar-refractivity contribution < 1.29 is 14.8 Å². The van der Waals surface area contributed by atoms with E-state index in [1.54, 1.807) is 37.3 Å². The molecule has 0 radical (unpaired) electrons. The van der Waals surface area contributed by atoms with Crippen LogP contribution >= 0.6 is 12.2 Å². The fraction of sp³-hybridized carbons (Fsp3) is 0.105. The van der Waals surface area contributed by atoms with Crippen LogP contribution in [0.25, 0.3) is 0 Å². The molecule has 0 saturated heterocycles. The normalized spacial score (nSPS) is 16.3. The molecule has 0 saturated carbocycles. The molecule has 1 atom stereocenters. The van der Waals surface area contributed by atoms with E-state index in [0.29, 0.717) is 21.9 Å². The standard InChI is InChI=1S/C19H17N5O4S/c1-11-16(18(26)23-20-10-13-5-2-3-8-15(13)25)17(22-19(29)21-11)12-6-4-7-14(9-12)24(27)28/h2-10,17,25H,1H3,(H,23,26)(H2,21,22,29)/b20-10+. The summed E-state index contributed by atoms with van der Waals surface area (Å²) in [7, 11) is 0. The van der Waals surface area contributed by atoms with Crippen molar-refractivity contribution in [1.29, 1.82) is 0 Å². The number of nitrogens with one attached hydrogen (secondary N) is 3. The number of nitro benzene ring substituents is 1. The molecule has 1 amide bonds. The molecule has 2 aromatic rings. The van der Waals surface area contributed by atoms with Crippen LogP contribution in [0.1, 0.15) is 24.1 Å². The minimum Gasteiger partial charge on any atom is -0.507 e. The lowest BCUT2D eigenvalue weighted by atomic mass is 9.95. The van der Waals surface area contributed by atoms with Crippen molar-refractivity contribution in [3.63, 3.8) is 0 Å². The Balaban J connectivity index is 1.88. The second-order valence-corrected chi connectivity index (χ2v) is 6.59. The largest absolute Gasteiger partial charge is 0.507 e. The van der Waals surface area contributed by atoms with Crippen molar-refractivity contribution in [2.75, 3.05) is 0 Å². The molecule has 1 heterocycles. The number of non-ortho nitro benzene ring substituents is 1. The number of para-hydroxylation sites is 1. The Morgan fingerprint density at radius 3 is 2.79 bits per heavy atom. The van der Waals surface area contributed by atoms with Crippen LogP contribution in [0, 0.1) is 10.1 Å². The number of thiocarbonyl (C=S) groups is 1. The van der Waals surface area contributed by atoms with Crippen molar-refractivity contribution in [3.8, 4) is 5.75 Å². The number of allylic oxidation sites excluding steroid dienone is 1. The number of hydrogen-bond donors (Lipinski definition) is 4. The summed E-state index contributed by atoms with van der Waals surface area (Å²) in [6.45, 7) is 1.68.